The highest BCUT2D eigenvalue weighted by Gasteiger charge is 2.42. The number of amides is 1. The Morgan fingerprint density at radius 3 is 2.44 bits per heavy atom. The van der Waals surface area contributed by atoms with Crippen LogP contribution in [0.15, 0.2) is 66.7 Å². The van der Waals surface area contributed by atoms with E-state index in [4.69, 9.17) is 22.1 Å². The average Bonchev–Trinajstić information content (AvgIpc) is 3.24. The SMILES string of the molecule is COc1cc(C(=O)N2[C@@H](c3ccccc3Cl)CC[C@H]2C(=O)O)ccc1-c1ccc(N)cc1. The van der Waals surface area contributed by atoms with Crippen LogP contribution < -0.4 is 10.5 Å². The molecule has 0 aromatic heterocycles. The van der Waals surface area contributed by atoms with Crippen molar-refractivity contribution < 1.29 is 19.4 Å². The number of ether oxygens (including phenoxy) is 1. The number of aliphatic carboxylic acids is 1. The average molecular weight is 451 g/mol. The molecule has 6 nitrogen and oxygen atoms in total. The Labute approximate surface area is 191 Å². The third-order valence-electron chi connectivity index (χ3n) is 5.84. The van der Waals surface area contributed by atoms with Gasteiger partial charge in [-0.3, -0.25) is 4.79 Å². The van der Waals surface area contributed by atoms with Crippen molar-refractivity contribution in [1.29, 1.82) is 0 Å². The summed E-state index contributed by atoms with van der Waals surface area (Å²) in [5.74, 6) is -0.888. The Hall–Kier alpha value is -3.51. The topological polar surface area (TPSA) is 92.9 Å². The van der Waals surface area contributed by atoms with Crippen molar-refractivity contribution in [2.75, 3.05) is 12.8 Å². The van der Waals surface area contributed by atoms with Crippen molar-refractivity contribution in [3.8, 4) is 16.9 Å². The first-order chi connectivity index (χ1) is 15.4. The van der Waals surface area contributed by atoms with Crippen molar-refractivity contribution >= 4 is 29.2 Å². The number of hydrogen-bond acceptors (Lipinski definition) is 4. The molecule has 0 radical (unpaired) electrons. The lowest BCUT2D eigenvalue weighted by molar-refractivity contribution is -0.141. The summed E-state index contributed by atoms with van der Waals surface area (Å²) >= 11 is 6.38. The molecular formula is C25H23ClN2O4. The predicted octanol–water partition coefficient (Wildman–Crippen LogP) is 5.03. The third kappa shape index (κ3) is 4.01. The number of nitrogen functional groups attached to an aromatic ring is 1. The van der Waals surface area contributed by atoms with E-state index in [1.54, 1.807) is 36.4 Å². The quantitative estimate of drug-likeness (QED) is 0.532. The van der Waals surface area contributed by atoms with E-state index >= 15 is 0 Å². The molecule has 1 saturated heterocycles. The second-order valence-corrected chi connectivity index (χ2v) is 8.13. The fraction of sp³-hybridized carbons (Fsp3) is 0.200. The van der Waals surface area contributed by atoms with Gasteiger partial charge in [0.25, 0.3) is 5.91 Å². The van der Waals surface area contributed by atoms with Gasteiger partial charge in [0.1, 0.15) is 11.8 Å². The number of rotatable bonds is 5. The van der Waals surface area contributed by atoms with E-state index in [2.05, 4.69) is 0 Å². The lowest BCUT2D eigenvalue weighted by Gasteiger charge is -2.29. The Morgan fingerprint density at radius 1 is 1.06 bits per heavy atom. The summed E-state index contributed by atoms with van der Waals surface area (Å²) in [6.07, 6.45) is 0.880. The summed E-state index contributed by atoms with van der Waals surface area (Å²) in [6, 6.07) is 18.4. The first-order valence-electron chi connectivity index (χ1n) is 10.2. The normalized spacial score (nSPS) is 17.9. The summed E-state index contributed by atoms with van der Waals surface area (Å²) in [6.45, 7) is 0. The second-order valence-electron chi connectivity index (χ2n) is 7.72. The molecule has 2 atom stereocenters. The third-order valence-corrected chi connectivity index (χ3v) is 6.18. The number of anilines is 1. The fourth-order valence-corrected chi connectivity index (χ4v) is 4.52. The smallest absolute Gasteiger partial charge is 0.326 e. The van der Waals surface area contributed by atoms with Crippen LogP contribution in [0.5, 0.6) is 5.75 Å². The highest BCUT2D eigenvalue weighted by atomic mass is 35.5. The molecule has 3 aromatic carbocycles. The molecule has 0 saturated carbocycles. The number of benzene rings is 3. The number of carboxylic acids is 1. The molecule has 1 amide bonds. The minimum atomic E-state index is -1.03. The molecule has 164 valence electrons. The van der Waals surface area contributed by atoms with Crippen molar-refractivity contribution in [3.05, 3.63) is 82.9 Å². The van der Waals surface area contributed by atoms with E-state index in [0.29, 0.717) is 34.9 Å². The number of halogens is 1. The van der Waals surface area contributed by atoms with Crippen LogP contribution in [0.1, 0.15) is 34.8 Å². The molecule has 1 heterocycles. The highest BCUT2D eigenvalue weighted by Crippen LogP contribution is 2.41. The van der Waals surface area contributed by atoms with Gasteiger partial charge in [0.15, 0.2) is 0 Å². The van der Waals surface area contributed by atoms with Gasteiger partial charge in [-0.25, -0.2) is 4.79 Å². The molecule has 4 rings (SSSR count). The summed E-state index contributed by atoms with van der Waals surface area (Å²) in [5, 5.41) is 10.3. The van der Waals surface area contributed by atoms with Gasteiger partial charge in [0.05, 0.1) is 13.2 Å². The maximum Gasteiger partial charge on any atom is 0.326 e. The minimum absolute atomic E-state index is 0.353. The molecule has 3 aromatic rings. The molecular weight excluding hydrogens is 428 g/mol. The Morgan fingerprint density at radius 2 is 1.78 bits per heavy atom. The number of nitrogens with two attached hydrogens (primary N) is 1. The second kappa shape index (κ2) is 8.93. The number of hydrogen-bond donors (Lipinski definition) is 2. The number of likely N-dealkylation sites (tertiary alicyclic amines) is 1. The zero-order chi connectivity index (χ0) is 22.8. The van der Waals surface area contributed by atoms with Crippen LogP contribution in [-0.2, 0) is 4.79 Å². The molecule has 3 N–H and O–H groups in total. The summed E-state index contributed by atoms with van der Waals surface area (Å²) in [5.41, 5.74) is 9.24. The van der Waals surface area contributed by atoms with Gasteiger partial charge in [-0.15, -0.1) is 0 Å². The van der Waals surface area contributed by atoms with Crippen LogP contribution in [0.3, 0.4) is 0 Å². The predicted molar refractivity (Wildman–Crippen MR) is 124 cm³/mol. The Bertz CT molecular complexity index is 1160. The largest absolute Gasteiger partial charge is 0.496 e. The van der Waals surface area contributed by atoms with Gasteiger partial charge in [-0.05, 0) is 60.4 Å². The zero-order valence-electron chi connectivity index (χ0n) is 17.5. The van der Waals surface area contributed by atoms with E-state index < -0.39 is 18.1 Å². The van der Waals surface area contributed by atoms with Crippen LogP contribution in [0.4, 0.5) is 5.69 Å². The molecule has 32 heavy (non-hydrogen) atoms. The van der Waals surface area contributed by atoms with E-state index in [1.165, 1.54) is 12.0 Å². The van der Waals surface area contributed by atoms with E-state index in [1.807, 2.05) is 30.3 Å². The van der Waals surface area contributed by atoms with Crippen molar-refractivity contribution in [2.24, 2.45) is 0 Å². The lowest BCUT2D eigenvalue weighted by Crippen LogP contribution is -2.41. The van der Waals surface area contributed by atoms with Gasteiger partial charge in [-0.1, -0.05) is 41.9 Å². The van der Waals surface area contributed by atoms with Gasteiger partial charge in [-0.2, -0.15) is 0 Å². The monoisotopic (exact) mass is 450 g/mol. The Kier molecular flexibility index (Phi) is 6.06. The fourth-order valence-electron chi connectivity index (χ4n) is 4.26. The van der Waals surface area contributed by atoms with Gasteiger partial charge < -0.3 is 20.5 Å². The molecule has 1 aliphatic heterocycles. The van der Waals surface area contributed by atoms with Gasteiger partial charge >= 0.3 is 5.97 Å². The van der Waals surface area contributed by atoms with E-state index in [9.17, 15) is 14.7 Å². The summed E-state index contributed by atoms with van der Waals surface area (Å²) in [7, 11) is 1.53. The number of carbonyl (C=O) groups excluding carboxylic acids is 1. The maximum atomic E-state index is 13.6. The molecule has 0 bridgehead atoms. The Balaban J connectivity index is 1.73. The van der Waals surface area contributed by atoms with Crippen LogP contribution in [0.2, 0.25) is 5.02 Å². The zero-order valence-corrected chi connectivity index (χ0v) is 18.3. The number of carboxylic acid groups (broad SMARTS) is 1. The molecule has 0 spiro atoms. The van der Waals surface area contributed by atoms with Gasteiger partial charge in [0.2, 0.25) is 0 Å². The van der Waals surface area contributed by atoms with Crippen molar-refractivity contribution in [2.45, 2.75) is 24.9 Å². The van der Waals surface area contributed by atoms with Crippen LogP contribution in [0, 0.1) is 0 Å². The first-order valence-corrected chi connectivity index (χ1v) is 10.6. The number of methoxy groups -OCH3 is 1. The van der Waals surface area contributed by atoms with E-state index in [0.717, 1.165) is 16.7 Å². The first kappa shape index (κ1) is 21.7. The molecule has 1 fully saturated rings. The van der Waals surface area contributed by atoms with Crippen LogP contribution in [-0.4, -0.2) is 35.0 Å². The lowest BCUT2D eigenvalue weighted by atomic mass is 10.0. The summed E-state index contributed by atoms with van der Waals surface area (Å²) < 4.78 is 5.55. The minimum Gasteiger partial charge on any atom is -0.496 e. The van der Waals surface area contributed by atoms with Crippen molar-refractivity contribution in [1.82, 2.24) is 4.90 Å². The van der Waals surface area contributed by atoms with Crippen molar-refractivity contribution in [3.63, 3.8) is 0 Å². The highest BCUT2D eigenvalue weighted by molar-refractivity contribution is 6.31. The van der Waals surface area contributed by atoms with Gasteiger partial charge in [0, 0.05) is 21.8 Å². The molecule has 0 aliphatic carbocycles. The number of carbonyl (C=O) groups is 2. The molecule has 0 unspecified atom stereocenters. The molecule has 1 aliphatic rings. The standard InChI is InChI=1S/C25H23ClN2O4/c1-32-23-14-16(8-11-18(23)15-6-9-17(27)10-7-15)24(29)28-21(12-13-22(28)25(30)31)19-4-2-3-5-20(19)26/h2-11,14,21-22H,12-13,27H2,1H3,(H,30,31)/t21-,22+/m1/s1. The van der Waals surface area contributed by atoms with E-state index in [-0.39, 0.29) is 5.91 Å². The maximum absolute atomic E-state index is 13.6. The van der Waals surface area contributed by atoms with Crippen LogP contribution in [0.25, 0.3) is 11.1 Å². The van der Waals surface area contributed by atoms with Crippen LogP contribution >= 0.6 is 11.6 Å². The summed E-state index contributed by atoms with van der Waals surface area (Å²) in [4.78, 5) is 26.9. The molecule has 7 heteroatoms. The number of nitrogens with zero attached hydrogens (tertiary/aromatic N) is 1.